The topological polar surface area (TPSA) is 74.6 Å². The molecular formula is C24H24FN3O3. The molecule has 0 saturated heterocycles. The van der Waals surface area contributed by atoms with Gasteiger partial charge in [0.25, 0.3) is 0 Å². The molecule has 1 aliphatic heterocycles. The molecule has 3 aromatic rings. The number of furan rings is 1. The SMILES string of the molecule is Cc1ccc(NC(=O)C(=O)NC[C@@H](c2ccco2)N2CCc3ccccc3C2)cc1F. The van der Waals surface area contributed by atoms with Crippen molar-refractivity contribution in [1.29, 1.82) is 0 Å². The Kier molecular flexibility index (Phi) is 6.13. The van der Waals surface area contributed by atoms with E-state index >= 15 is 0 Å². The van der Waals surface area contributed by atoms with Crippen LogP contribution < -0.4 is 10.6 Å². The molecule has 2 heterocycles. The first-order valence-corrected chi connectivity index (χ1v) is 10.2. The first-order valence-electron chi connectivity index (χ1n) is 10.2. The molecule has 0 aliphatic carbocycles. The molecule has 7 heteroatoms. The van der Waals surface area contributed by atoms with Gasteiger partial charge in [0, 0.05) is 25.3 Å². The van der Waals surface area contributed by atoms with E-state index in [2.05, 4.69) is 27.7 Å². The maximum absolute atomic E-state index is 13.7. The van der Waals surface area contributed by atoms with E-state index in [0.717, 1.165) is 25.3 Å². The lowest BCUT2D eigenvalue weighted by Gasteiger charge is -2.34. The first-order chi connectivity index (χ1) is 15.0. The number of halogens is 1. The summed E-state index contributed by atoms with van der Waals surface area (Å²) in [5, 5.41) is 5.12. The molecule has 2 N–H and O–H groups in total. The zero-order chi connectivity index (χ0) is 21.8. The Balaban J connectivity index is 1.41. The van der Waals surface area contributed by atoms with Crippen molar-refractivity contribution in [2.45, 2.75) is 25.9 Å². The number of anilines is 1. The number of rotatable bonds is 5. The third-order valence-electron chi connectivity index (χ3n) is 5.56. The van der Waals surface area contributed by atoms with Crippen molar-refractivity contribution in [3.8, 4) is 0 Å². The summed E-state index contributed by atoms with van der Waals surface area (Å²) in [7, 11) is 0. The lowest BCUT2D eigenvalue weighted by molar-refractivity contribution is -0.136. The average Bonchev–Trinajstić information content (AvgIpc) is 3.31. The maximum Gasteiger partial charge on any atom is 0.313 e. The molecule has 0 radical (unpaired) electrons. The maximum atomic E-state index is 13.7. The van der Waals surface area contributed by atoms with Crippen LogP contribution in [0.25, 0.3) is 0 Å². The lowest BCUT2D eigenvalue weighted by atomic mass is 9.98. The van der Waals surface area contributed by atoms with Crippen molar-refractivity contribution in [2.24, 2.45) is 0 Å². The summed E-state index contributed by atoms with van der Waals surface area (Å²) in [6.07, 6.45) is 2.50. The Labute approximate surface area is 180 Å². The number of hydrogen-bond acceptors (Lipinski definition) is 4. The van der Waals surface area contributed by atoms with Crippen LogP contribution in [-0.4, -0.2) is 29.8 Å². The third-order valence-corrected chi connectivity index (χ3v) is 5.56. The van der Waals surface area contributed by atoms with Gasteiger partial charge >= 0.3 is 11.8 Å². The highest BCUT2D eigenvalue weighted by molar-refractivity contribution is 6.39. The Hall–Kier alpha value is -3.45. The van der Waals surface area contributed by atoms with Crippen LogP contribution >= 0.6 is 0 Å². The molecule has 4 rings (SSSR count). The Morgan fingerprint density at radius 3 is 2.65 bits per heavy atom. The van der Waals surface area contributed by atoms with Gasteiger partial charge < -0.3 is 15.1 Å². The Bertz CT molecular complexity index is 1080. The average molecular weight is 421 g/mol. The molecule has 1 atom stereocenters. The summed E-state index contributed by atoms with van der Waals surface area (Å²) in [5.41, 5.74) is 3.27. The molecule has 1 aliphatic rings. The number of nitrogens with one attached hydrogen (secondary N) is 2. The Morgan fingerprint density at radius 2 is 1.90 bits per heavy atom. The van der Waals surface area contributed by atoms with E-state index in [1.165, 1.54) is 17.2 Å². The molecule has 0 fully saturated rings. The van der Waals surface area contributed by atoms with E-state index in [1.54, 1.807) is 31.4 Å². The number of amides is 2. The highest BCUT2D eigenvalue weighted by Crippen LogP contribution is 2.27. The monoisotopic (exact) mass is 421 g/mol. The van der Waals surface area contributed by atoms with Gasteiger partial charge in [-0.2, -0.15) is 0 Å². The molecular weight excluding hydrogens is 397 g/mol. The number of carbonyl (C=O) groups excluding carboxylic acids is 2. The number of hydrogen-bond donors (Lipinski definition) is 2. The van der Waals surface area contributed by atoms with E-state index in [-0.39, 0.29) is 18.3 Å². The second-order valence-corrected chi connectivity index (χ2v) is 7.65. The third kappa shape index (κ3) is 4.83. The van der Waals surface area contributed by atoms with E-state index in [1.807, 2.05) is 18.2 Å². The van der Waals surface area contributed by atoms with Crippen molar-refractivity contribution in [1.82, 2.24) is 10.2 Å². The normalized spacial score (nSPS) is 14.5. The number of fused-ring (bicyclic) bond motifs is 1. The summed E-state index contributed by atoms with van der Waals surface area (Å²) in [6, 6.07) is 16.1. The molecule has 0 spiro atoms. The quantitative estimate of drug-likeness (QED) is 0.618. The lowest BCUT2D eigenvalue weighted by Crippen LogP contribution is -2.43. The number of benzene rings is 2. The van der Waals surface area contributed by atoms with Gasteiger partial charge in [-0.3, -0.25) is 14.5 Å². The van der Waals surface area contributed by atoms with Gasteiger partial charge in [0.1, 0.15) is 11.6 Å². The fourth-order valence-corrected chi connectivity index (χ4v) is 3.80. The van der Waals surface area contributed by atoms with Crippen LogP contribution in [0.15, 0.2) is 65.3 Å². The van der Waals surface area contributed by atoms with Crippen LogP contribution in [0.5, 0.6) is 0 Å². The predicted octanol–water partition coefficient (Wildman–Crippen LogP) is 3.58. The summed E-state index contributed by atoms with van der Waals surface area (Å²) >= 11 is 0. The molecule has 160 valence electrons. The largest absolute Gasteiger partial charge is 0.468 e. The smallest absolute Gasteiger partial charge is 0.313 e. The van der Waals surface area contributed by atoms with Gasteiger partial charge in [-0.25, -0.2) is 4.39 Å². The number of carbonyl (C=O) groups is 2. The molecule has 6 nitrogen and oxygen atoms in total. The van der Waals surface area contributed by atoms with Gasteiger partial charge in [0.15, 0.2) is 0 Å². The van der Waals surface area contributed by atoms with Crippen LogP contribution in [0.3, 0.4) is 0 Å². The van der Waals surface area contributed by atoms with Gasteiger partial charge in [0.2, 0.25) is 0 Å². The zero-order valence-electron chi connectivity index (χ0n) is 17.2. The summed E-state index contributed by atoms with van der Waals surface area (Å²) in [6.45, 7) is 3.38. The van der Waals surface area contributed by atoms with Crippen LogP contribution in [-0.2, 0) is 22.6 Å². The molecule has 1 aromatic heterocycles. The molecule has 31 heavy (non-hydrogen) atoms. The number of nitrogens with zero attached hydrogens (tertiary/aromatic N) is 1. The van der Waals surface area contributed by atoms with Gasteiger partial charge in [-0.15, -0.1) is 0 Å². The fourth-order valence-electron chi connectivity index (χ4n) is 3.80. The van der Waals surface area contributed by atoms with Crippen molar-refractivity contribution in [2.75, 3.05) is 18.4 Å². The zero-order valence-corrected chi connectivity index (χ0v) is 17.2. The molecule has 0 unspecified atom stereocenters. The van der Waals surface area contributed by atoms with Crippen LogP contribution in [0.1, 0.15) is 28.5 Å². The van der Waals surface area contributed by atoms with Gasteiger partial charge in [-0.05, 0) is 54.3 Å². The van der Waals surface area contributed by atoms with E-state index in [0.29, 0.717) is 5.56 Å². The minimum absolute atomic E-state index is 0.211. The highest BCUT2D eigenvalue weighted by Gasteiger charge is 2.28. The second-order valence-electron chi connectivity index (χ2n) is 7.65. The predicted molar refractivity (Wildman–Crippen MR) is 115 cm³/mol. The van der Waals surface area contributed by atoms with Gasteiger partial charge in [0.05, 0.1) is 12.3 Å². The van der Waals surface area contributed by atoms with E-state index in [9.17, 15) is 14.0 Å². The molecule has 0 saturated carbocycles. The minimum Gasteiger partial charge on any atom is -0.468 e. The summed E-state index contributed by atoms with van der Waals surface area (Å²) in [4.78, 5) is 26.9. The van der Waals surface area contributed by atoms with E-state index in [4.69, 9.17) is 4.42 Å². The van der Waals surface area contributed by atoms with Crippen LogP contribution in [0.2, 0.25) is 0 Å². The Morgan fingerprint density at radius 1 is 1.10 bits per heavy atom. The summed E-state index contributed by atoms with van der Waals surface area (Å²) in [5.74, 6) is -1.34. The molecule has 0 bridgehead atoms. The van der Waals surface area contributed by atoms with Crippen molar-refractivity contribution in [3.05, 3.63) is 89.1 Å². The molecule has 2 aromatic carbocycles. The van der Waals surface area contributed by atoms with Crippen molar-refractivity contribution < 1.29 is 18.4 Å². The number of aryl methyl sites for hydroxylation is 1. The summed E-state index contributed by atoms with van der Waals surface area (Å²) < 4.78 is 19.3. The van der Waals surface area contributed by atoms with Crippen LogP contribution in [0, 0.1) is 12.7 Å². The second kappa shape index (κ2) is 9.14. The van der Waals surface area contributed by atoms with Crippen LogP contribution in [0.4, 0.5) is 10.1 Å². The standard InChI is InChI=1S/C24H24FN3O3/c1-16-8-9-19(13-20(16)25)27-24(30)23(29)26-14-21(22-7-4-12-31-22)28-11-10-17-5-2-3-6-18(17)15-28/h2-9,12-13,21H,10-11,14-15H2,1H3,(H,26,29)(H,27,30)/t21-/m0/s1. The first kappa shape index (κ1) is 20.8. The fraction of sp³-hybridized carbons (Fsp3) is 0.250. The molecule has 2 amide bonds. The van der Waals surface area contributed by atoms with Gasteiger partial charge in [-0.1, -0.05) is 30.3 Å². The highest BCUT2D eigenvalue weighted by atomic mass is 19.1. The minimum atomic E-state index is -0.842. The van der Waals surface area contributed by atoms with Crippen molar-refractivity contribution in [3.63, 3.8) is 0 Å². The van der Waals surface area contributed by atoms with E-state index < -0.39 is 17.6 Å². The van der Waals surface area contributed by atoms with Crippen molar-refractivity contribution >= 4 is 17.5 Å².